The van der Waals surface area contributed by atoms with Crippen molar-refractivity contribution in [2.75, 3.05) is 26.2 Å². The lowest BCUT2D eigenvalue weighted by Gasteiger charge is -2.14. The Labute approximate surface area is 162 Å². The van der Waals surface area contributed by atoms with E-state index in [9.17, 15) is 9.90 Å². The molecule has 1 heterocycles. The van der Waals surface area contributed by atoms with E-state index in [0.29, 0.717) is 17.3 Å². The van der Waals surface area contributed by atoms with Gasteiger partial charge in [0.15, 0.2) is 4.77 Å². The van der Waals surface area contributed by atoms with Gasteiger partial charge in [-0.25, -0.2) is 0 Å². The van der Waals surface area contributed by atoms with Crippen molar-refractivity contribution < 1.29 is 10.0 Å². The summed E-state index contributed by atoms with van der Waals surface area (Å²) in [6.45, 7) is 8.10. The first kappa shape index (κ1) is 20.4. The van der Waals surface area contributed by atoms with Crippen molar-refractivity contribution in [1.82, 2.24) is 9.55 Å². The van der Waals surface area contributed by atoms with Crippen LogP contribution in [0.3, 0.4) is 0 Å². The molecule has 6 nitrogen and oxygen atoms in total. The number of nitrogens with one attached hydrogen (secondary N) is 2. The lowest BCUT2D eigenvalue weighted by Crippen LogP contribution is -3.11. The first-order valence-corrected chi connectivity index (χ1v) is 9.44. The van der Waals surface area contributed by atoms with E-state index in [4.69, 9.17) is 23.8 Å². The van der Waals surface area contributed by atoms with Crippen LogP contribution < -0.4 is 10.5 Å². The van der Waals surface area contributed by atoms with E-state index in [2.05, 4.69) is 23.8 Å². The van der Waals surface area contributed by atoms with Gasteiger partial charge in [-0.15, -0.1) is 0 Å². The highest BCUT2D eigenvalue weighted by Gasteiger charge is 2.12. The van der Waals surface area contributed by atoms with Gasteiger partial charge < -0.3 is 10.0 Å². The van der Waals surface area contributed by atoms with Gasteiger partial charge in [-0.2, -0.15) is 0 Å². The van der Waals surface area contributed by atoms with Gasteiger partial charge in [-0.3, -0.25) is 19.3 Å². The number of aromatic hydroxyl groups is 1. The molecule has 2 aromatic rings. The summed E-state index contributed by atoms with van der Waals surface area (Å²) in [6.07, 6.45) is 2.32. The summed E-state index contributed by atoms with van der Waals surface area (Å²) in [6, 6.07) is 6.86. The molecule has 0 radical (unpaired) electrons. The second-order valence-corrected chi connectivity index (χ2v) is 6.73. The van der Waals surface area contributed by atoms with Gasteiger partial charge in [0, 0.05) is 24.2 Å². The molecular weight excluding hydrogens is 372 g/mol. The molecule has 140 valence electrons. The topological polar surface area (TPSA) is 74.8 Å². The molecule has 0 atom stereocenters. The predicted octanol–water partition coefficient (Wildman–Crippen LogP) is 1.99. The van der Waals surface area contributed by atoms with Crippen LogP contribution in [0.1, 0.15) is 25.8 Å². The standard InChI is InChI=1S/C18H23ClN4O2S/c1-3-22(4-2)10-6-9-20-12-15-16(24)21-18(26)23(17(15)25)14-8-5-7-13(19)11-14/h5,7-8,11-12,25H,3-4,6,9-10H2,1-2H3,(H,21,24,26)/p+1. The van der Waals surface area contributed by atoms with Gasteiger partial charge in [0.1, 0.15) is 5.56 Å². The molecule has 0 aliphatic carbocycles. The normalized spacial score (nSPS) is 11.5. The molecule has 0 saturated carbocycles. The SMILES string of the molecule is CC[NH+](CC)CCCN=Cc1c(O)n(-c2cccc(Cl)c2)c(=S)[nH]c1=O. The van der Waals surface area contributed by atoms with Crippen LogP contribution in [0.4, 0.5) is 0 Å². The van der Waals surface area contributed by atoms with Crippen LogP contribution in [-0.4, -0.2) is 47.1 Å². The smallest absolute Gasteiger partial charge is 0.264 e. The number of nitrogens with zero attached hydrogens (tertiary/aromatic N) is 2. The van der Waals surface area contributed by atoms with Crippen molar-refractivity contribution >= 4 is 30.0 Å². The number of rotatable bonds is 8. The zero-order valence-corrected chi connectivity index (χ0v) is 16.5. The number of aromatic amines is 1. The lowest BCUT2D eigenvalue weighted by molar-refractivity contribution is -0.896. The molecule has 0 amide bonds. The molecule has 3 N–H and O–H groups in total. The second-order valence-electron chi connectivity index (χ2n) is 5.91. The average Bonchev–Trinajstić information content (AvgIpc) is 2.60. The Morgan fingerprint density at radius 2 is 2.12 bits per heavy atom. The molecule has 0 saturated heterocycles. The van der Waals surface area contributed by atoms with Crippen LogP contribution in [0.25, 0.3) is 5.69 Å². The summed E-state index contributed by atoms with van der Waals surface area (Å²) in [5, 5.41) is 11.1. The molecule has 0 fully saturated rings. The molecule has 1 aromatic carbocycles. The Bertz CT molecular complexity index is 887. The summed E-state index contributed by atoms with van der Waals surface area (Å²) in [5.74, 6) is -0.251. The maximum absolute atomic E-state index is 12.2. The minimum Gasteiger partial charge on any atom is -0.494 e. The van der Waals surface area contributed by atoms with E-state index in [-0.39, 0.29) is 16.2 Å². The summed E-state index contributed by atoms with van der Waals surface area (Å²) in [4.78, 5) is 20.5. The van der Waals surface area contributed by atoms with E-state index in [0.717, 1.165) is 26.1 Å². The van der Waals surface area contributed by atoms with Crippen molar-refractivity contribution in [2.45, 2.75) is 20.3 Å². The molecule has 0 aliphatic heterocycles. The number of hydrogen-bond acceptors (Lipinski definition) is 4. The van der Waals surface area contributed by atoms with Crippen molar-refractivity contribution in [1.29, 1.82) is 0 Å². The van der Waals surface area contributed by atoms with Crippen LogP contribution in [-0.2, 0) is 0 Å². The van der Waals surface area contributed by atoms with Crippen LogP contribution in [0.2, 0.25) is 5.02 Å². The largest absolute Gasteiger partial charge is 0.494 e. The predicted molar refractivity (Wildman–Crippen MR) is 108 cm³/mol. The van der Waals surface area contributed by atoms with Crippen molar-refractivity contribution in [3.05, 3.63) is 50.0 Å². The minimum absolute atomic E-state index is 0.0776. The van der Waals surface area contributed by atoms with E-state index < -0.39 is 5.56 Å². The maximum Gasteiger partial charge on any atom is 0.264 e. The summed E-state index contributed by atoms with van der Waals surface area (Å²) in [5.41, 5.74) is 0.175. The van der Waals surface area contributed by atoms with E-state index in [1.165, 1.54) is 15.7 Å². The number of halogens is 1. The summed E-state index contributed by atoms with van der Waals surface area (Å²) in [7, 11) is 0. The monoisotopic (exact) mass is 395 g/mol. The molecular formula is C18H24ClN4O2S+. The zero-order chi connectivity index (χ0) is 19.1. The number of quaternary nitrogens is 1. The molecule has 1 aromatic heterocycles. The molecule has 26 heavy (non-hydrogen) atoms. The molecule has 2 rings (SSSR count). The second kappa shape index (κ2) is 9.66. The number of aliphatic imine (C=N–C) groups is 1. The fraction of sp³-hybridized carbons (Fsp3) is 0.389. The lowest BCUT2D eigenvalue weighted by atomic mass is 10.3. The van der Waals surface area contributed by atoms with Gasteiger partial charge in [0.2, 0.25) is 5.88 Å². The molecule has 0 aliphatic rings. The summed E-state index contributed by atoms with van der Waals surface area (Å²) < 4.78 is 1.46. The molecule has 0 spiro atoms. The highest BCUT2D eigenvalue weighted by Crippen LogP contribution is 2.21. The third-order valence-corrected chi connectivity index (χ3v) is 4.74. The third kappa shape index (κ3) is 5.03. The van der Waals surface area contributed by atoms with Gasteiger partial charge >= 0.3 is 0 Å². The summed E-state index contributed by atoms with van der Waals surface area (Å²) >= 11 is 11.2. The Morgan fingerprint density at radius 3 is 2.77 bits per heavy atom. The number of benzene rings is 1. The first-order valence-electron chi connectivity index (χ1n) is 8.65. The van der Waals surface area contributed by atoms with E-state index in [1.54, 1.807) is 24.3 Å². The van der Waals surface area contributed by atoms with Crippen LogP contribution in [0.5, 0.6) is 5.88 Å². The van der Waals surface area contributed by atoms with Crippen molar-refractivity contribution in [3.63, 3.8) is 0 Å². The van der Waals surface area contributed by atoms with E-state index in [1.807, 2.05) is 0 Å². The van der Waals surface area contributed by atoms with Crippen LogP contribution >= 0.6 is 23.8 Å². The van der Waals surface area contributed by atoms with Crippen LogP contribution in [0, 0.1) is 4.77 Å². The number of hydrogen-bond donors (Lipinski definition) is 3. The fourth-order valence-electron chi connectivity index (χ4n) is 2.69. The minimum atomic E-state index is -0.469. The average molecular weight is 396 g/mol. The van der Waals surface area contributed by atoms with Crippen molar-refractivity contribution in [2.24, 2.45) is 4.99 Å². The van der Waals surface area contributed by atoms with Gasteiger partial charge in [0.05, 0.1) is 25.3 Å². The Balaban J connectivity index is 2.24. The van der Waals surface area contributed by atoms with Crippen LogP contribution in [0.15, 0.2) is 34.1 Å². The first-order chi connectivity index (χ1) is 12.5. The van der Waals surface area contributed by atoms with E-state index >= 15 is 0 Å². The zero-order valence-electron chi connectivity index (χ0n) is 15.0. The Hall–Kier alpha value is -1.96. The molecule has 0 unspecified atom stereocenters. The van der Waals surface area contributed by atoms with Crippen molar-refractivity contribution in [3.8, 4) is 11.6 Å². The highest BCUT2D eigenvalue weighted by molar-refractivity contribution is 7.71. The van der Waals surface area contributed by atoms with Gasteiger partial charge in [-0.05, 0) is 44.3 Å². The maximum atomic E-state index is 12.2. The van der Waals surface area contributed by atoms with Gasteiger partial charge in [0.25, 0.3) is 5.56 Å². The highest BCUT2D eigenvalue weighted by atomic mass is 35.5. The van der Waals surface area contributed by atoms with Gasteiger partial charge in [-0.1, -0.05) is 17.7 Å². The Morgan fingerprint density at radius 1 is 1.38 bits per heavy atom. The Kier molecular flexibility index (Phi) is 7.56. The molecule has 0 bridgehead atoms. The quantitative estimate of drug-likeness (QED) is 0.363. The fourth-order valence-corrected chi connectivity index (χ4v) is 3.16. The third-order valence-electron chi connectivity index (χ3n) is 4.23. The number of aromatic nitrogens is 2. The number of H-pyrrole nitrogens is 1. The molecule has 8 heteroatoms.